The van der Waals surface area contributed by atoms with Crippen LogP contribution < -0.4 is 10.6 Å². The van der Waals surface area contributed by atoms with Gasteiger partial charge in [-0.1, -0.05) is 52.6 Å². The summed E-state index contributed by atoms with van der Waals surface area (Å²) in [6.45, 7) is 2.43. The summed E-state index contributed by atoms with van der Waals surface area (Å²) < 4.78 is 1.84. The molecule has 0 aliphatic carbocycles. The van der Waals surface area contributed by atoms with Crippen LogP contribution in [0.4, 0.5) is 11.4 Å². The first kappa shape index (κ1) is 21.8. The summed E-state index contributed by atoms with van der Waals surface area (Å²) in [7, 11) is 1.85. The Hall–Kier alpha value is -1.93. The van der Waals surface area contributed by atoms with Gasteiger partial charge < -0.3 is 15.2 Å². The fourth-order valence-corrected chi connectivity index (χ4v) is 3.67. The predicted octanol–water partition coefficient (Wildman–Crippen LogP) is 5.43. The van der Waals surface area contributed by atoms with E-state index in [1.54, 1.807) is 18.2 Å². The van der Waals surface area contributed by atoms with E-state index in [2.05, 4.69) is 20.8 Å². The minimum atomic E-state index is -0.212. The number of nitrogens with zero attached hydrogens (tertiary/aromatic N) is 3. The average Bonchev–Trinajstić information content (AvgIpc) is 3.04. The van der Waals surface area contributed by atoms with Gasteiger partial charge in [-0.15, -0.1) is 10.2 Å². The second kappa shape index (κ2) is 9.71. The van der Waals surface area contributed by atoms with Gasteiger partial charge in [0.15, 0.2) is 11.0 Å². The molecule has 10 heteroatoms. The van der Waals surface area contributed by atoms with Gasteiger partial charge in [-0.25, -0.2) is 0 Å². The molecule has 6 nitrogen and oxygen atoms in total. The quantitative estimate of drug-likeness (QED) is 0.451. The van der Waals surface area contributed by atoms with Crippen molar-refractivity contribution in [1.82, 2.24) is 14.8 Å². The number of benzene rings is 2. The van der Waals surface area contributed by atoms with Gasteiger partial charge in [-0.2, -0.15) is 0 Å². The maximum absolute atomic E-state index is 12.2. The standard InChI is InChI=1S/C19H18Cl3N5OS/c1-11-3-5-13(8-15(11)22)23-9-17-25-26-19(27(17)2)29-10-18(28)24-16-7-12(20)4-6-14(16)21/h3-8,23H,9-10H2,1-2H3,(H,24,28). The number of halogens is 3. The monoisotopic (exact) mass is 469 g/mol. The summed E-state index contributed by atoms with van der Waals surface area (Å²) in [6.07, 6.45) is 0. The zero-order chi connectivity index (χ0) is 21.0. The number of aryl methyl sites for hydroxylation is 1. The van der Waals surface area contributed by atoms with E-state index in [-0.39, 0.29) is 11.7 Å². The Morgan fingerprint density at radius 1 is 1.10 bits per heavy atom. The first-order valence-electron chi connectivity index (χ1n) is 8.59. The summed E-state index contributed by atoms with van der Waals surface area (Å²) in [5, 5.41) is 16.6. The number of anilines is 2. The highest BCUT2D eigenvalue weighted by Gasteiger charge is 2.13. The van der Waals surface area contributed by atoms with Crippen LogP contribution in [0.1, 0.15) is 11.4 Å². The van der Waals surface area contributed by atoms with Crippen LogP contribution in [-0.4, -0.2) is 26.4 Å². The van der Waals surface area contributed by atoms with Gasteiger partial charge in [0.1, 0.15) is 0 Å². The zero-order valence-electron chi connectivity index (χ0n) is 15.7. The molecule has 0 saturated carbocycles. The van der Waals surface area contributed by atoms with Crippen LogP contribution in [0.3, 0.4) is 0 Å². The van der Waals surface area contributed by atoms with Gasteiger partial charge in [-0.05, 0) is 42.8 Å². The van der Waals surface area contributed by atoms with E-state index < -0.39 is 0 Å². The normalized spacial score (nSPS) is 10.8. The summed E-state index contributed by atoms with van der Waals surface area (Å²) >= 11 is 19.4. The van der Waals surface area contributed by atoms with Gasteiger partial charge in [0.2, 0.25) is 5.91 Å². The van der Waals surface area contributed by atoms with Crippen LogP contribution in [0.5, 0.6) is 0 Å². The number of amides is 1. The lowest BCUT2D eigenvalue weighted by atomic mass is 10.2. The lowest BCUT2D eigenvalue weighted by molar-refractivity contribution is -0.113. The summed E-state index contributed by atoms with van der Waals surface area (Å²) in [4.78, 5) is 12.2. The van der Waals surface area contributed by atoms with Crippen molar-refractivity contribution in [3.8, 4) is 0 Å². The minimum absolute atomic E-state index is 0.163. The molecule has 0 unspecified atom stereocenters. The molecule has 0 radical (unpaired) electrons. The highest BCUT2D eigenvalue weighted by molar-refractivity contribution is 7.99. The molecular weight excluding hydrogens is 453 g/mol. The van der Waals surface area contributed by atoms with Gasteiger partial charge in [-0.3, -0.25) is 4.79 Å². The number of rotatable bonds is 7. The Kier molecular flexibility index (Phi) is 7.29. The van der Waals surface area contributed by atoms with Gasteiger partial charge in [0.05, 0.1) is 23.0 Å². The molecule has 3 aromatic rings. The molecule has 3 rings (SSSR count). The summed E-state index contributed by atoms with van der Waals surface area (Å²) in [5.74, 6) is 0.689. The Bertz CT molecular complexity index is 1040. The molecule has 0 bridgehead atoms. The van der Waals surface area contributed by atoms with E-state index in [4.69, 9.17) is 34.8 Å². The molecular formula is C19H18Cl3N5OS. The highest BCUT2D eigenvalue weighted by atomic mass is 35.5. The molecule has 0 saturated heterocycles. The zero-order valence-corrected chi connectivity index (χ0v) is 18.8. The molecule has 1 heterocycles. The molecule has 0 atom stereocenters. The molecule has 1 aromatic heterocycles. The number of carbonyl (C=O) groups is 1. The van der Waals surface area contributed by atoms with Crippen LogP contribution in [0.25, 0.3) is 0 Å². The van der Waals surface area contributed by atoms with Crippen molar-refractivity contribution in [3.63, 3.8) is 0 Å². The van der Waals surface area contributed by atoms with Crippen LogP contribution in [-0.2, 0) is 18.4 Å². The Balaban J connectivity index is 1.55. The van der Waals surface area contributed by atoms with Crippen LogP contribution in [0.2, 0.25) is 15.1 Å². The number of thioether (sulfide) groups is 1. The molecule has 29 heavy (non-hydrogen) atoms. The number of nitrogens with one attached hydrogen (secondary N) is 2. The molecule has 2 aromatic carbocycles. The number of aromatic nitrogens is 3. The lowest BCUT2D eigenvalue weighted by Gasteiger charge is -2.09. The third-order valence-corrected chi connectivity index (χ3v) is 6.07. The largest absolute Gasteiger partial charge is 0.378 e. The van der Waals surface area contributed by atoms with Gasteiger partial charge in [0, 0.05) is 22.8 Å². The number of hydrogen-bond donors (Lipinski definition) is 2. The Morgan fingerprint density at radius 2 is 1.90 bits per heavy atom. The molecule has 0 spiro atoms. The van der Waals surface area contributed by atoms with Crippen molar-refractivity contribution < 1.29 is 4.79 Å². The summed E-state index contributed by atoms with van der Waals surface area (Å²) in [6, 6.07) is 10.7. The lowest BCUT2D eigenvalue weighted by Crippen LogP contribution is -2.15. The van der Waals surface area contributed by atoms with Crippen LogP contribution >= 0.6 is 46.6 Å². The maximum Gasteiger partial charge on any atom is 0.234 e. The second-order valence-corrected chi connectivity index (χ2v) is 8.43. The van der Waals surface area contributed by atoms with E-state index in [1.165, 1.54) is 11.8 Å². The van der Waals surface area contributed by atoms with Crippen LogP contribution in [0.15, 0.2) is 41.6 Å². The van der Waals surface area contributed by atoms with Crippen LogP contribution in [0, 0.1) is 6.92 Å². The molecule has 0 aliphatic rings. The highest BCUT2D eigenvalue weighted by Crippen LogP contribution is 2.26. The van der Waals surface area contributed by atoms with E-state index >= 15 is 0 Å². The van der Waals surface area contributed by atoms with Crippen molar-refractivity contribution in [1.29, 1.82) is 0 Å². The van der Waals surface area contributed by atoms with Gasteiger partial charge >= 0.3 is 0 Å². The molecule has 2 N–H and O–H groups in total. The molecule has 0 fully saturated rings. The molecule has 1 amide bonds. The minimum Gasteiger partial charge on any atom is -0.378 e. The fourth-order valence-electron chi connectivity index (χ4n) is 2.42. The average molecular weight is 471 g/mol. The smallest absolute Gasteiger partial charge is 0.234 e. The van der Waals surface area contributed by atoms with E-state index in [9.17, 15) is 4.79 Å². The Morgan fingerprint density at radius 3 is 2.66 bits per heavy atom. The number of hydrogen-bond acceptors (Lipinski definition) is 5. The third kappa shape index (κ3) is 5.79. The first-order valence-corrected chi connectivity index (χ1v) is 10.7. The number of carbonyl (C=O) groups excluding carboxylic acids is 1. The molecule has 152 valence electrons. The summed E-state index contributed by atoms with van der Waals surface area (Å²) in [5.41, 5.74) is 2.40. The Labute approximate surface area is 187 Å². The SMILES string of the molecule is Cc1ccc(NCc2nnc(SCC(=O)Nc3cc(Cl)ccc3Cl)n2C)cc1Cl. The van der Waals surface area contributed by atoms with E-state index in [0.717, 1.165) is 17.1 Å². The molecule has 0 aliphatic heterocycles. The van der Waals surface area contributed by atoms with E-state index in [1.807, 2.05) is 36.7 Å². The first-order chi connectivity index (χ1) is 13.8. The second-order valence-electron chi connectivity index (χ2n) is 6.24. The third-order valence-electron chi connectivity index (χ3n) is 4.08. The van der Waals surface area contributed by atoms with Crippen molar-refractivity contribution in [3.05, 3.63) is 62.9 Å². The maximum atomic E-state index is 12.2. The van der Waals surface area contributed by atoms with Crippen molar-refractivity contribution in [2.24, 2.45) is 7.05 Å². The predicted molar refractivity (Wildman–Crippen MR) is 120 cm³/mol. The van der Waals surface area contributed by atoms with Crippen molar-refractivity contribution in [2.45, 2.75) is 18.6 Å². The van der Waals surface area contributed by atoms with E-state index in [0.29, 0.717) is 32.5 Å². The van der Waals surface area contributed by atoms with Crippen molar-refractivity contribution >= 4 is 63.8 Å². The fraction of sp³-hybridized carbons (Fsp3) is 0.211. The van der Waals surface area contributed by atoms with Crippen molar-refractivity contribution in [2.75, 3.05) is 16.4 Å². The topological polar surface area (TPSA) is 71.8 Å². The van der Waals surface area contributed by atoms with Gasteiger partial charge in [0.25, 0.3) is 0 Å².